The van der Waals surface area contributed by atoms with Crippen molar-refractivity contribution in [1.82, 2.24) is 40.0 Å². The maximum atomic E-state index is 12.8. The lowest BCUT2D eigenvalue weighted by Crippen LogP contribution is -2.30. The minimum atomic E-state index is -0.250. The maximum absolute atomic E-state index is 12.8. The first-order chi connectivity index (χ1) is 12.8. The Morgan fingerprint density at radius 1 is 1.19 bits per heavy atom. The topological polar surface area (TPSA) is 102 Å². The molecule has 1 unspecified atom stereocenters. The van der Waals surface area contributed by atoms with Gasteiger partial charge in [0.2, 0.25) is 0 Å². The number of hydrogen-bond acceptors (Lipinski definition) is 7. The number of carbonyl (C=O) groups is 1. The van der Waals surface area contributed by atoms with Crippen LogP contribution < -0.4 is 5.32 Å². The number of amides is 1. The van der Waals surface area contributed by atoms with Gasteiger partial charge in [-0.25, -0.2) is 4.52 Å². The van der Waals surface area contributed by atoms with Gasteiger partial charge in [0.25, 0.3) is 5.91 Å². The second kappa shape index (κ2) is 7.08. The minimum Gasteiger partial charge on any atom is -0.342 e. The number of fused-ring (bicyclic) bond motifs is 2. The zero-order valence-electron chi connectivity index (χ0n) is 14.0. The van der Waals surface area contributed by atoms with E-state index in [0.29, 0.717) is 17.0 Å². The fraction of sp³-hybridized carbons (Fsp3) is 0.250. The number of tetrazole rings is 1. The van der Waals surface area contributed by atoms with Crippen molar-refractivity contribution in [2.24, 2.45) is 0 Å². The monoisotopic (exact) mass is 368 g/mol. The number of nitrogens with zero attached hydrogens (tertiary/aromatic N) is 7. The third kappa shape index (κ3) is 3.10. The first-order valence-corrected chi connectivity index (χ1v) is 9.43. The summed E-state index contributed by atoms with van der Waals surface area (Å²) < 4.78 is 3.41. The van der Waals surface area contributed by atoms with Crippen molar-refractivity contribution in [2.75, 3.05) is 12.0 Å². The summed E-state index contributed by atoms with van der Waals surface area (Å²) in [5, 5.41) is 22.8. The summed E-state index contributed by atoms with van der Waals surface area (Å²) in [6.07, 6.45) is 6.34. The standard InChI is InChI=1S/C16H16N8OS/c1-26-9-6-12(15-20-18-13-4-2-3-7-23(13)15)17-16(25)11-5-8-24-14(10-11)19-21-22-24/h2-5,7-8,10,12H,6,9H2,1H3,(H,17,25). The predicted molar refractivity (Wildman–Crippen MR) is 97.0 cm³/mol. The Kier molecular flexibility index (Phi) is 4.48. The van der Waals surface area contributed by atoms with Gasteiger partial charge in [-0.15, -0.1) is 15.3 Å². The largest absolute Gasteiger partial charge is 0.342 e. The summed E-state index contributed by atoms with van der Waals surface area (Å²) in [4.78, 5) is 12.8. The molecule has 0 spiro atoms. The Morgan fingerprint density at radius 3 is 3.00 bits per heavy atom. The molecule has 1 atom stereocenters. The lowest BCUT2D eigenvalue weighted by atomic mass is 10.1. The first kappa shape index (κ1) is 16.5. The zero-order chi connectivity index (χ0) is 17.9. The molecule has 0 fully saturated rings. The van der Waals surface area contributed by atoms with E-state index in [2.05, 4.69) is 31.0 Å². The average Bonchev–Trinajstić information content (AvgIpc) is 3.31. The third-order valence-electron chi connectivity index (χ3n) is 4.03. The third-order valence-corrected chi connectivity index (χ3v) is 4.67. The van der Waals surface area contributed by atoms with Crippen molar-refractivity contribution in [3.8, 4) is 0 Å². The van der Waals surface area contributed by atoms with E-state index in [4.69, 9.17) is 0 Å². The second-order valence-corrected chi connectivity index (χ2v) is 6.68. The molecule has 1 amide bonds. The molecular weight excluding hydrogens is 352 g/mol. The van der Waals surface area contributed by atoms with E-state index in [1.165, 1.54) is 4.52 Å². The van der Waals surface area contributed by atoms with Crippen molar-refractivity contribution in [1.29, 1.82) is 0 Å². The van der Waals surface area contributed by atoms with E-state index in [-0.39, 0.29) is 11.9 Å². The molecule has 0 saturated carbocycles. The van der Waals surface area contributed by atoms with Crippen molar-refractivity contribution < 1.29 is 4.79 Å². The number of thioether (sulfide) groups is 1. The second-order valence-electron chi connectivity index (χ2n) is 5.69. The number of carbonyl (C=O) groups excluding carboxylic acids is 1. The van der Waals surface area contributed by atoms with Gasteiger partial charge >= 0.3 is 0 Å². The SMILES string of the molecule is CSCCC(NC(=O)c1ccn2nnnc2c1)c1nnc2ccccn12. The van der Waals surface area contributed by atoms with Crippen molar-refractivity contribution in [2.45, 2.75) is 12.5 Å². The number of aromatic nitrogens is 7. The van der Waals surface area contributed by atoms with Crippen molar-refractivity contribution in [3.63, 3.8) is 0 Å². The molecule has 132 valence electrons. The highest BCUT2D eigenvalue weighted by atomic mass is 32.2. The fourth-order valence-corrected chi connectivity index (χ4v) is 3.19. The van der Waals surface area contributed by atoms with Crippen LogP contribution >= 0.6 is 11.8 Å². The molecule has 0 bridgehead atoms. The van der Waals surface area contributed by atoms with Crippen molar-refractivity contribution >= 4 is 29.0 Å². The maximum Gasteiger partial charge on any atom is 0.252 e. The Labute approximate surface area is 152 Å². The van der Waals surface area contributed by atoms with Crippen LogP contribution in [0.25, 0.3) is 11.3 Å². The van der Waals surface area contributed by atoms with Gasteiger partial charge in [0.1, 0.15) is 0 Å². The van der Waals surface area contributed by atoms with E-state index >= 15 is 0 Å². The number of nitrogens with one attached hydrogen (secondary N) is 1. The fourth-order valence-electron chi connectivity index (χ4n) is 2.72. The molecule has 4 aromatic rings. The van der Waals surface area contributed by atoms with Gasteiger partial charge in [-0.1, -0.05) is 6.07 Å². The van der Waals surface area contributed by atoms with Gasteiger partial charge < -0.3 is 5.32 Å². The average molecular weight is 368 g/mol. The van der Waals surface area contributed by atoms with Gasteiger partial charge in [0, 0.05) is 18.0 Å². The number of pyridine rings is 2. The van der Waals surface area contributed by atoms with Gasteiger partial charge in [0.05, 0.1) is 6.04 Å². The van der Waals surface area contributed by atoms with E-state index in [1.807, 2.05) is 35.1 Å². The zero-order valence-corrected chi connectivity index (χ0v) is 14.8. The minimum absolute atomic E-state index is 0.200. The molecule has 4 heterocycles. The Morgan fingerprint density at radius 2 is 2.12 bits per heavy atom. The van der Waals surface area contributed by atoms with E-state index in [0.717, 1.165) is 17.8 Å². The normalized spacial score (nSPS) is 12.5. The lowest BCUT2D eigenvalue weighted by Gasteiger charge is -2.17. The highest BCUT2D eigenvalue weighted by Gasteiger charge is 2.21. The summed E-state index contributed by atoms with van der Waals surface area (Å²) in [7, 11) is 0. The quantitative estimate of drug-likeness (QED) is 0.548. The number of rotatable bonds is 6. The molecule has 1 N–H and O–H groups in total. The Hall–Kier alpha value is -3.01. The Balaban J connectivity index is 1.63. The van der Waals surface area contributed by atoms with E-state index < -0.39 is 0 Å². The molecule has 0 saturated heterocycles. The van der Waals surface area contributed by atoms with Gasteiger partial charge in [-0.3, -0.25) is 9.20 Å². The molecule has 0 aliphatic heterocycles. The van der Waals surface area contributed by atoms with Crippen LogP contribution in [0.2, 0.25) is 0 Å². The smallest absolute Gasteiger partial charge is 0.252 e. The highest BCUT2D eigenvalue weighted by molar-refractivity contribution is 7.98. The molecule has 4 aromatic heterocycles. The summed E-state index contributed by atoms with van der Waals surface area (Å²) in [5.41, 5.74) is 1.77. The molecule has 0 aromatic carbocycles. The van der Waals surface area contributed by atoms with Crippen LogP contribution in [0.1, 0.15) is 28.6 Å². The van der Waals surface area contributed by atoms with Gasteiger partial charge in [-0.05, 0) is 53.1 Å². The van der Waals surface area contributed by atoms with Crippen LogP contribution in [-0.2, 0) is 0 Å². The highest BCUT2D eigenvalue weighted by Crippen LogP contribution is 2.19. The van der Waals surface area contributed by atoms with Crippen LogP contribution in [0.5, 0.6) is 0 Å². The van der Waals surface area contributed by atoms with Gasteiger partial charge in [0.15, 0.2) is 17.1 Å². The lowest BCUT2D eigenvalue weighted by molar-refractivity contribution is 0.0933. The van der Waals surface area contributed by atoms with Gasteiger partial charge in [-0.2, -0.15) is 11.8 Å². The van der Waals surface area contributed by atoms with E-state index in [9.17, 15) is 4.79 Å². The summed E-state index contributed by atoms with van der Waals surface area (Å²) in [6.45, 7) is 0. The summed E-state index contributed by atoms with van der Waals surface area (Å²) in [5.74, 6) is 1.40. The molecule has 9 nitrogen and oxygen atoms in total. The molecule has 0 radical (unpaired) electrons. The first-order valence-electron chi connectivity index (χ1n) is 8.03. The molecule has 10 heteroatoms. The summed E-state index contributed by atoms with van der Waals surface area (Å²) >= 11 is 1.72. The molecule has 4 rings (SSSR count). The van der Waals surface area contributed by atoms with E-state index in [1.54, 1.807) is 30.1 Å². The van der Waals surface area contributed by atoms with Crippen LogP contribution in [0.15, 0.2) is 42.7 Å². The van der Waals surface area contributed by atoms with Crippen LogP contribution in [-0.4, -0.2) is 52.6 Å². The molecule has 26 heavy (non-hydrogen) atoms. The van der Waals surface area contributed by atoms with Crippen molar-refractivity contribution in [3.05, 3.63) is 54.1 Å². The number of hydrogen-bond donors (Lipinski definition) is 1. The predicted octanol–water partition coefficient (Wildman–Crippen LogP) is 1.39. The summed E-state index contributed by atoms with van der Waals surface area (Å²) in [6, 6.07) is 8.80. The van der Waals surface area contributed by atoms with Crippen LogP contribution in [0, 0.1) is 0 Å². The molecule has 0 aliphatic carbocycles. The Bertz CT molecular complexity index is 1060. The van der Waals surface area contributed by atoms with Crippen LogP contribution in [0.4, 0.5) is 0 Å². The van der Waals surface area contributed by atoms with Crippen LogP contribution in [0.3, 0.4) is 0 Å². The molecule has 0 aliphatic rings. The molecular formula is C16H16N8OS.